The second-order valence-corrected chi connectivity index (χ2v) is 9.84. The molecule has 7 heteroatoms. The van der Waals surface area contributed by atoms with Gasteiger partial charge in [-0.15, -0.1) is 0 Å². The van der Waals surface area contributed by atoms with E-state index in [-0.39, 0.29) is 17.1 Å². The number of carbonyl (C=O) groups excluding carboxylic acids is 3. The first-order valence-electron chi connectivity index (χ1n) is 12.5. The molecule has 0 aliphatic carbocycles. The van der Waals surface area contributed by atoms with Gasteiger partial charge >= 0.3 is 5.97 Å². The number of carbonyl (C=O) groups is 3. The van der Waals surface area contributed by atoms with Crippen molar-refractivity contribution in [3.8, 4) is 11.5 Å². The summed E-state index contributed by atoms with van der Waals surface area (Å²) in [5.74, 6) is -1.26. The third-order valence-electron chi connectivity index (χ3n) is 6.34. The van der Waals surface area contributed by atoms with Gasteiger partial charge in [0, 0.05) is 18.2 Å². The van der Waals surface area contributed by atoms with Crippen LogP contribution >= 0.6 is 0 Å². The predicted octanol–water partition coefficient (Wildman–Crippen LogP) is 5.89. The van der Waals surface area contributed by atoms with E-state index in [4.69, 9.17) is 9.47 Å². The van der Waals surface area contributed by atoms with Gasteiger partial charge < -0.3 is 14.6 Å². The molecular weight excluding hydrogens is 482 g/mol. The first-order valence-corrected chi connectivity index (χ1v) is 12.5. The maximum Gasteiger partial charge on any atom is 0.308 e. The summed E-state index contributed by atoms with van der Waals surface area (Å²) in [5.41, 5.74) is 3.31. The molecule has 4 rings (SSSR count). The summed E-state index contributed by atoms with van der Waals surface area (Å²) >= 11 is 0. The fraction of sp³-hybridized carbons (Fsp3) is 0.258. The van der Waals surface area contributed by atoms with E-state index >= 15 is 0 Å². The largest absolute Gasteiger partial charge is 0.507 e. The summed E-state index contributed by atoms with van der Waals surface area (Å²) < 4.78 is 11.1. The minimum Gasteiger partial charge on any atom is -0.507 e. The quantitative estimate of drug-likeness (QED) is 0.139. The van der Waals surface area contributed by atoms with Gasteiger partial charge in [0.2, 0.25) is 0 Å². The van der Waals surface area contributed by atoms with Crippen LogP contribution in [0.4, 0.5) is 5.69 Å². The Bertz CT molecular complexity index is 1440. The van der Waals surface area contributed by atoms with Crippen LogP contribution in [0.3, 0.4) is 0 Å². The minimum atomic E-state index is -0.951. The molecule has 0 spiro atoms. The molecule has 1 atom stereocenters. The standard InChI is InChI=1S/C31H31NO6/c1-18(2)17-37-25-10-7-9-23(16-25)29(34)27-28(22-8-6-11-26(15-22)38-21(5)33)32(31(36)30(27)35)24-13-12-19(3)20(4)14-24/h6-16,18,28,34H,17H2,1-5H3/b29-27+. The SMILES string of the molecule is CC(=O)Oc1cccc(C2/C(=C(\O)c3cccc(OCC(C)C)c3)C(=O)C(=O)N2c2ccc(C)c(C)c2)c1. The number of aliphatic hydroxyl groups excluding tert-OH is 1. The highest BCUT2D eigenvalue weighted by Crippen LogP contribution is 2.43. The number of ketones is 1. The smallest absolute Gasteiger partial charge is 0.308 e. The number of nitrogens with zero attached hydrogens (tertiary/aromatic N) is 1. The van der Waals surface area contributed by atoms with Crippen molar-refractivity contribution < 1.29 is 29.0 Å². The number of benzene rings is 3. The van der Waals surface area contributed by atoms with Gasteiger partial charge in [0.1, 0.15) is 17.3 Å². The van der Waals surface area contributed by atoms with E-state index in [9.17, 15) is 19.5 Å². The Morgan fingerprint density at radius 1 is 0.947 bits per heavy atom. The highest BCUT2D eigenvalue weighted by molar-refractivity contribution is 6.51. The number of aliphatic hydroxyl groups is 1. The Labute approximate surface area is 222 Å². The third-order valence-corrected chi connectivity index (χ3v) is 6.34. The number of esters is 1. The van der Waals surface area contributed by atoms with E-state index in [1.807, 2.05) is 39.8 Å². The van der Waals surface area contributed by atoms with E-state index in [1.165, 1.54) is 11.8 Å². The van der Waals surface area contributed by atoms with Crippen LogP contribution in [0.15, 0.2) is 72.3 Å². The average molecular weight is 514 g/mol. The molecule has 0 saturated carbocycles. The maximum absolute atomic E-state index is 13.5. The van der Waals surface area contributed by atoms with Crippen molar-refractivity contribution in [1.29, 1.82) is 0 Å². The molecule has 1 aliphatic rings. The average Bonchev–Trinajstić information content (AvgIpc) is 3.14. The van der Waals surface area contributed by atoms with Crippen LogP contribution in [0.2, 0.25) is 0 Å². The van der Waals surface area contributed by atoms with Crippen LogP contribution in [0, 0.1) is 19.8 Å². The minimum absolute atomic E-state index is 0.0609. The van der Waals surface area contributed by atoms with Gasteiger partial charge in [0.25, 0.3) is 11.7 Å². The summed E-state index contributed by atoms with van der Waals surface area (Å²) in [5, 5.41) is 11.5. The lowest BCUT2D eigenvalue weighted by Gasteiger charge is -2.26. The molecule has 1 saturated heterocycles. The summed E-state index contributed by atoms with van der Waals surface area (Å²) in [6.45, 7) is 9.73. The molecule has 0 bridgehead atoms. The molecular formula is C31H31NO6. The Morgan fingerprint density at radius 2 is 1.66 bits per heavy atom. The van der Waals surface area contributed by atoms with E-state index in [1.54, 1.807) is 54.6 Å². The van der Waals surface area contributed by atoms with Gasteiger partial charge in [-0.2, -0.15) is 0 Å². The van der Waals surface area contributed by atoms with Gasteiger partial charge in [-0.1, -0.05) is 44.2 Å². The van der Waals surface area contributed by atoms with Gasteiger partial charge in [-0.3, -0.25) is 19.3 Å². The van der Waals surface area contributed by atoms with E-state index in [0.717, 1.165) is 11.1 Å². The lowest BCUT2D eigenvalue weighted by molar-refractivity contribution is -0.132. The zero-order valence-electron chi connectivity index (χ0n) is 22.1. The molecule has 7 nitrogen and oxygen atoms in total. The van der Waals surface area contributed by atoms with Crippen molar-refractivity contribution in [3.63, 3.8) is 0 Å². The van der Waals surface area contributed by atoms with E-state index in [2.05, 4.69) is 0 Å². The molecule has 1 amide bonds. The normalized spacial score (nSPS) is 16.7. The number of ether oxygens (including phenoxy) is 2. The number of anilines is 1. The lowest BCUT2D eigenvalue weighted by Crippen LogP contribution is -2.29. The van der Waals surface area contributed by atoms with Crippen molar-refractivity contribution in [1.82, 2.24) is 0 Å². The number of hydrogen-bond donors (Lipinski definition) is 1. The van der Waals surface area contributed by atoms with E-state index in [0.29, 0.717) is 35.1 Å². The van der Waals surface area contributed by atoms with Crippen LogP contribution in [-0.2, 0) is 14.4 Å². The molecule has 0 aromatic heterocycles. The molecule has 0 radical (unpaired) electrons. The second kappa shape index (κ2) is 10.9. The second-order valence-electron chi connectivity index (χ2n) is 9.84. The van der Waals surface area contributed by atoms with Crippen LogP contribution in [0.5, 0.6) is 11.5 Å². The Kier molecular flexibility index (Phi) is 7.67. The number of amides is 1. The molecule has 38 heavy (non-hydrogen) atoms. The van der Waals surface area contributed by atoms with E-state index < -0.39 is 23.7 Å². The Balaban J connectivity index is 1.89. The Hall–Kier alpha value is -4.39. The van der Waals surface area contributed by atoms with Crippen molar-refractivity contribution in [2.75, 3.05) is 11.5 Å². The van der Waals surface area contributed by atoms with Gasteiger partial charge in [0.15, 0.2) is 0 Å². The number of Topliss-reactive ketones (excluding diaryl/α,β-unsaturated/α-hetero) is 1. The number of aryl methyl sites for hydroxylation is 2. The predicted molar refractivity (Wildman–Crippen MR) is 145 cm³/mol. The number of rotatable bonds is 7. The topological polar surface area (TPSA) is 93.1 Å². The van der Waals surface area contributed by atoms with Crippen molar-refractivity contribution in [2.24, 2.45) is 5.92 Å². The van der Waals surface area contributed by atoms with Crippen LogP contribution < -0.4 is 14.4 Å². The van der Waals surface area contributed by atoms with Crippen molar-refractivity contribution in [3.05, 3.63) is 94.6 Å². The van der Waals surface area contributed by atoms with Gasteiger partial charge in [-0.05, 0) is 72.9 Å². The summed E-state index contributed by atoms with van der Waals surface area (Å²) in [7, 11) is 0. The van der Waals surface area contributed by atoms with Crippen LogP contribution in [0.1, 0.15) is 49.1 Å². The molecule has 1 fully saturated rings. The maximum atomic E-state index is 13.5. The molecule has 1 unspecified atom stereocenters. The highest BCUT2D eigenvalue weighted by atomic mass is 16.5. The molecule has 1 aliphatic heterocycles. The van der Waals surface area contributed by atoms with Crippen LogP contribution in [0.25, 0.3) is 5.76 Å². The molecule has 3 aromatic carbocycles. The zero-order valence-corrected chi connectivity index (χ0v) is 22.1. The molecule has 3 aromatic rings. The number of hydrogen-bond acceptors (Lipinski definition) is 6. The Morgan fingerprint density at radius 3 is 2.34 bits per heavy atom. The monoisotopic (exact) mass is 513 g/mol. The first kappa shape index (κ1) is 26.7. The molecule has 1 N–H and O–H groups in total. The summed E-state index contributed by atoms with van der Waals surface area (Å²) in [6, 6.07) is 18.0. The fourth-order valence-electron chi connectivity index (χ4n) is 4.36. The molecule has 196 valence electrons. The van der Waals surface area contributed by atoms with Gasteiger partial charge in [0.05, 0.1) is 18.2 Å². The summed E-state index contributed by atoms with van der Waals surface area (Å²) in [4.78, 5) is 39.9. The third kappa shape index (κ3) is 5.47. The molecule has 1 heterocycles. The lowest BCUT2D eigenvalue weighted by atomic mass is 9.94. The van der Waals surface area contributed by atoms with Crippen LogP contribution in [-0.4, -0.2) is 29.4 Å². The zero-order chi connectivity index (χ0) is 27.6. The van der Waals surface area contributed by atoms with Crippen molar-refractivity contribution >= 4 is 29.1 Å². The highest BCUT2D eigenvalue weighted by Gasteiger charge is 2.47. The first-order chi connectivity index (χ1) is 18.1. The fourth-order valence-corrected chi connectivity index (χ4v) is 4.36. The summed E-state index contributed by atoms with van der Waals surface area (Å²) in [6.07, 6.45) is 0. The van der Waals surface area contributed by atoms with Crippen molar-refractivity contribution in [2.45, 2.75) is 40.7 Å². The van der Waals surface area contributed by atoms with Gasteiger partial charge in [-0.25, -0.2) is 0 Å².